The Hall–Kier alpha value is -4.53. The molecule has 1 heterocycles. The Morgan fingerprint density at radius 3 is 2.11 bits per heavy atom. The normalized spacial score (nSPS) is 10.6. The van der Waals surface area contributed by atoms with Crippen molar-refractivity contribution in [1.29, 1.82) is 0 Å². The first-order valence-corrected chi connectivity index (χ1v) is 10.7. The van der Waals surface area contributed by atoms with Gasteiger partial charge in [0.15, 0.2) is 0 Å². The van der Waals surface area contributed by atoms with Crippen molar-refractivity contribution in [1.82, 2.24) is 9.78 Å². The number of ether oxygens (including phenoxy) is 1. The lowest BCUT2D eigenvalue weighted by Crippen LogP contribution is -2.13. The van der Waals surface area contributed by atoms with Gasteiger partial charge in [-0.05, 0) is 53.6 Å². The summed E-state index contributed by atoms with van der Waals surface area (Å²) in [5, 5.41) is 9.83. The van der Waals surface area contributed by atoms with Crippen LogP contribution in [0.3, 0.4) is 0 Å². The number of benzene rings is 3. The first kappa shape index (κ1) is 23.6. The van der Waals surface area contributed by atoms with E-state index < -0.39 is 5.91 Å². The number of rotatable bonds is 8. The first-order valence-electron chi connectivity index (χ1n) is 10.7. The topological polar surface area (TPSA) is 85.3 Å². The monoisotopic (exact) mass is 476 g/mol. The van der Waals surface area contributed by atoms with Gasteiger partial charge in [-0.15, -0.1) is 5.10 Å². The molecular formula is C26H22F2N4O3. The number of aromatic nitrogens is 2. The van der Waals surface area contributed by atoms with Gasteiger partial charge in [-0.1, -0.05) is 30.3 Å². The number of amides is 2. The highest BCUT2D eigenvalue weighted by Crippen LogP contribution is 2.22. The van der Waals surface area contributed by atoms with E-state index in [0.29, 0.717) is 23.5 Å². The number of halogens is 2. The molecule has 7 nitrogen and oxygen atoms in total. The minimum absolute atomic E-state index is 0.0755. The molecule has 0 fully saturated rings. The van der Waals surface area contributed by atoms with Crippen LogP contribution in [-0.2, 0) is 17.9 Å². The molecule has 35 heavy (non-hydrogen) atoms. The van der Waals surface area contributed by atoms with Gasteiger partial charge in [0, 0.05) is 24.5 Å². The van der Waals surface area contributed by atoms with Crippen LogP contribution in [0, 0.1) is 11.6 Å². The molecule has 0 bridgehead atoms. The van der Waals surface area contributed by atoms with E-state index in [1.165, 1.54) is 42.1 Å². The third-order valence-electron chi connectivity index (χ3n) is 4.96. The molecule has 1 aromatic heterocycles. The third-order valence-corrected chi connectivity index (χ3v) is 4.96. The number of nitrogens with zero attached hydrogens (tertiary/aromatic N) is 2. The molecule has 0 aliphatic heterocycles. The predicted molar refractivity (Wildman–Crippen MR) is 127 cm³/mol. The molecule has 0 atom stereocenters. The molecule has 4 rings (SSSR count). The molecule has 2 N–H and O–H groups in total. The van der Waals surface area contributed by atoms with E-state index >= 15 is 0 Å². The highest BCUT2D eigenvalue weighted by molar-refractivity contribution is 6.06. The summed E-state index contributed by atoms with van der Waals surface area (Å²) in [6, 6.07) is 18.5. The SMILES string of the molecule is CC(=O)Nc1cccc(NC(=O)c2cn(Cc3ccc(F)cc3)nc2OCc2ccc(F)cc2)c1. The van der Waals surface area contributed by atoms with E-state index in [2.05, 4.69) is 15.7 Å². The summed E-state index contributed by atoms with van der Waals surface area (Å²) in [5.41, 5.74) is 2.68. The van der Waals surface area contributed by atoms with Crippen LogP contribution in [0.1, 0.15) is 28.4 Å². The van der Waals surface area contributed by atoms with E-state index in [1.54, 1.807) is 48.5 Å². The number of nitrogens with one attached hydrogen (secondary N) is 2. The molecule has 178 valence electrons. The van der Waals surface area contributed by atoms with Crippen LogP contribution in [-0.4, -0.2) is 21.6 Å². The first-order chi connectivity index (χ1) is 16.9. The van der Waals surface area contributed by atoms with Gasteiger partial charge in [-0.25, -0.2) is 8.78 Å². The van der Waals surface area contributed by atoms with Gasteiger partial charge in [0.05, 0.1) is 6.54 Å². The number of carbonyl (C=O) groups is 2. The quantitative estimate of drug-likeness (QED) is 0.375. The maximum absolute atomic E-state index is 13.2. The standard InChI is InChI=1S/C26H22F2N4O3/c1-17(33)29-22-3-2-4-23(13-22)30-25(34)24-15-32(14-18-5-9-20(27)10-6-18)31-26(24)35-16-19-7-11-21(28)12-8-19/h2-13,15H,14,16H2,1H3,(H,29,33)(H,30,34). The number of hydrogen-bond donors (Lipinski definition) is 2. The average molecular weight is 476 g/mol. The summed E-state index contributed by atoms with van der Waals surface area (Å²) in [7, 11) is 0. The fourth-order valence-electron chi connectivity index (χ4n) is 3.33. The van der Waals surface area contributed by atoms with Gasteiger partial charge in [0.2, 0.25) is 11.8 Å². The van der Waals surface area contributed by atoms with Gasteiger partial charge in [-0.3, -0.25) is 14.3 Å². The van der Waals surface area contributed by atoms with Gasteiger partial charge in [0.25, 0.3) is 5.91 Å². The van der Waals surface area contributed by atoms with E-state index in [-0.39, 0.29) is 35.6 Å². The van der Waals surface area contributed by atoms with Crippen molar-refractivity contribution < 1.29 is 23.1 Å². The van der Waals surface area contributed by atoms with Crippen LogP contribution in [0.2, 0.25) is 0 Å². The predicted octanol–water partition coefficient (Wildman–Crippen LogP) is 5.00. The zero-order valence-electron chi connectivity index (χ0n) is 18.8. The Labute approximate surface area is 200 Å². The Bertz CT molecular complexity index is 1340. The fourth-order valence-corrected chi connectivity index (χ4v) is 3.33. The molecule has 0 saturated carbocycles. The average Bonchev–Trinajstić information content (AvgIpc) is 3.23. The van der Waals surface area contributed by atoms with Crippen molar-refractivity contribution in [2.75, 3.05) is 10.6 Å². The smallest absolute Gasteiger partial charge is 0.262 e. The summed E-state index contributed by atoms with van der Waals surface area (Å²) in [4.78, 5) is 24.4. The molecule has 2 amide bonds. The van der Waals surface area contributed by atoms with E-state index in [0.717, 1.165) is 5.56 Å². The summed E-state index contributed by atoms with van der Waals surface area (Å²) in [6.07, 6.45) is 1.54. The molecule has 0 spiro atoms. The number of anilines is 2. The van der Waals surface area contributed by atoms with Crippen LogP contribution in [0.5, 0.6) is 5.88 Å². The molecule has 4 aromatic rings. The maximum Gasteiger partial charge on any atom is 0.262 e. The molecule has 0 aliphatic carbocycles. The molecule has 3 aromatic carbocycles. The fraction of sp³-hybridized carbons (Fsp3) is 0.115. The lowest BCUT2D eigenvalue weighted by atomic mass is 10.2. The van der Waals surface area contributed by atoms with Crippen molar-refractivity contribution in [3.8, 4) is 5.88 Å². The Kier molecular flexibility index (Phi) is 7.15. The van der Waals surface area contributed by atoms with E-state index in [1.807, 2.05) is 0 Å². The van der Waals surface area contributed by atoms with Crippen LogP contribution < -0.4 is 15.4 Å². The lowest BCUT2D eigenvalue weighted by molar-refractivity contribution is -0.114. The second kappa shape index (κ2) is 10.6. The number of carbonyl (C=O) groups excluding carboxylic acids is 2. The largest absolute Gasteiger partial charge is 0.471 e. The Morgan fingerprint density at radius 1 is 0.886 bits per heavy atom. The summed E-state index contributed by atoms with van der Waals surface area (Å²) < 4.78 is 33.8. The summed E-state index contributed by atoms with van der Waals surface area (Å²) in [6.45, 7) is 1.76. The van der Waals surface area contributed by atoms with Gasteiger partial charge >= 0.3 is 0 Å². The highest BCUT2D eigenvalue weighted by Gasteiger charge is 2.19. The molecule has 9 heteroatoms. The Balaban J connectivity index is 1.56. The van der Waals surface area contributed by atoms with Crippen LogP contribution in [0.4, 0.5) is 20.2 Å². The zero-order chi connectivity index (χ0) is 24.8. The second-order valence-corrected chi connectivity index (χ2v) is 7.80. The van der Waals surface area contributed by atoms with Gasteiger partial charge < -0.3 is 15.4 Å². The molecule has 0 radical (unpaired) electrons. The van der Waals surface area contributed by atoms with Crippen LogP contribution in [0.15, 0.2) is 79.0 Å². The number of hydrogen-bond acceptors (Lipinski definition) is 4. The van der Waals surface area contributed by atoms with Crippen molar-refractivity contribution >= 4 is 23.2 Å². The van der Waals surface area contributed by atoms with Crippen molar-refractivity contribution in [2.24, 2.45) is 0 Å². The zero-order valence-corrected chi connectivity index (χ0v) is 18.8. The minimum atomic E-state index is -0.468. The lowest BCUT2D eigenvalue weighted by Gasteiger charge is -2.08. The molecular weight excluding hydrogens is 454 g/mol. The minimum Gasteiger partial charge on any atom is -0.471 e. The van der Waals surface area contributed by atoms with Gasteiger partial charge in [0.1, 0.15) is 23.8 Å². The highest BCUT2D eigenvalue weighted by atomic mass is 19.1. The van der Waals surface area contributed by atoms with Crippen molar-refractivity contribution in [2.45, 2.75) is 20.1 Å². The Morgan fingerprint density at radius 2 is 1.49 bits per heavy atom. The third kappa shape index (κ3) is 6.50. The molecule has 0 unspecified atom stereocenters. The summed E-state index contributed by atoms with van der Waals surface area (Å²) in [5.74, 6) is -1.32. The van der Waals surface area contributed by atoms with Crippen LogP contribution in [0.25, 0.3) is 0 Å². The maximum atomic E-state index is 13.2. The van der Waals surface area contributed by atoms with Crippen LogP contribution >= 0.6 is 0 Å². The molecule has 0 saturated heterocycles. The van der Waals surface area contributed by atoms with E-state index in [4.69, 9.17) is 4.74 Å². The van der Waals surface area contributed by atoms with Gasteiger partial charge in [-0.2, -0.15) is 0 Å². The summed E-state index contributed by atoms with van der Waals surface area (Å²) >= 11 is 0. The second-order valence-electron chi connectivity index (χ2n) is 7.80. The molecule has 0 aliphatic rings. The van der Waals surface area contributed by atoms with Crippen molar-refractivity contribution in [3.05, 3.63) is 107 Å². The van der Waals surface area contributed by atoms with Crippen molar-refractivity contribution in [3.63, 3.8) is 0 Å². The van der Waals surface area contributed by atoms with E-state index in [9.17, 15) is 18.4 Å².